The van der Waals surface area contributed by atoms with Crippen molar-refractivity contribution in [1.29, 1.82) is 0 Å². The van der Waals surface area contributed by atoms with Crippen molar-refractivity contribution in [2.45, 2.75) is 33.4 Å². The first-order valence-electron chi connectivity index (χ1n) is 8.47. The number of carbonyl (C=O) groups is 1. The van der Waals surface area contributed by atoms with Gasteiger partial charge in [0.05, 0.1) is 6.04 Å². The average molecular weight is 333 g/mol. The van der Waals surface area contributed by atoms with Crippen molar-refractivity contribution in [2.75, 3.05) is 0 Å². The fourth-order valence-corrected chi connectivity index (χ4v) is 2.75. The Kier molecular flexibility index (Phi) is 4.98. The van der Waals surface area contributed by atoms with Crippen LogP contribution in [-0.2, 0) is 6.54 Å². The third-order valence-corrected chi connectivity index (χ3v) is 4.42. The summed E-state index contributed by atoms with van der Waals surface area (Å²) in [5, 5.41) is 3.05. The molecule has 0 saturated heterocycles. The average Bonchev–Trinajstić information content (AvgIpc) is 3.01. The second kappa shape index (κ2) is 7.34. The number of imidazole rings is 1. The van der Waals surface area contributed by atoms with Gasteiger partial charge in [0, 0.05) is 24.5 Å². The van der Waals surface area contributed by atoms with Gasteiger partial charge in [0.1, 0.15) is 5.82 Å². The van der Waals surface area contributed by atoms with E-state index in [2.05, 4.69) is 46.1 Å². The summed E-state index contributed by atoms with van der Waals surface area (Å²) in [4.78, 5) is 16.7. The van der Waals surface area contributed by atoms with Gasteiger partial charge < -0.3 is 9.88 Å². The number of amides is 1. The number of nitrogens with zero attached hydrogens (tertiary/aromatic N) is 2. The molecule has 4 heteroatoms. The molecule has 0 unspecified atom stereocenters. The Balaban J connectivity index is 1.64. The first-order chi connectivity index (χ1) is 12.0. The highest BCUT2D eigenvalue weighted by atomic mass is 16.1. The zero-order valence-corrected chi connectivity index (χ0v) is 14.9. The lowest BCUT2D eigenvalue weighted by atomic mass is 10.1. The number of hydrogen-bond donors (Lipinski definition) is 1. The maximum absolute atomic E-state index is 12.5. The van der Waals surface area contributed by atoms with Gasteiger partial charge in [0.15, 0.2) is 0 Å². The van der Waals surface area contributed by atoms with Crippen LogP contribution in [0.3, 0.4) is 0 Å². The predicted octanol–water partition coefficient (Wildman–Crippen LogP) is 4.04. The van der Waals surface area contributed by atoms with Crippen molar-refractivity contribution in [3.05, 3.63) is 89.0 Å². The molecule has 1 amide bonds. The van der Waals surface area contributed by atoms with Gasteiger partial charge >= 0.3 is 0 Å². The second-order valence-corrected chi connectivity index (χ2v) is 6.41. The second-order valence-electron chi connectivity index (χ2n) is 6.41. The van der Waals surface area contributed by atoms with Gasteiger partial charge in [-0.15, -0.1) is 0 Å². The molecule has 3 aromatic rings. The molecule has 0 spiro atoms. The maximum atomic E-state index is 12.5. The van der Waals surface area contributed by atoms with E-state index in [-0.39, 0.29) is 11.9 Å². The number of carbonyl (C=O) groups excluding carboxylic acids is 1. The van der Waals surface area contributed by atoms with Crippen LogP contribution in [0.1, 0.15) is 45.8 Å². The molecule has 0 aliphatic heterocycles. The van der Waals surface area contributed by atoms with E-state index in [1.54, 1.807) is 6.20 Å². The molecule has 1 aromatic heterocycles. The van der Waals surface area contributed by atoms with Crippen LogP contribution in [-0.4, -0.2) is 15.5 Å². The highest BCUT2D eigenvalue weighted by Crippen LogP contribution is 2.14. The lowest BCUT2D eigenvalue weighted by molar-refractivity contribution is 0.0940. The quantitative estimate of drug-likeness (QED) is 0.766. The number of hydrogen-bond acceptors (Lipinski definition) is 2. The molecule has 25 heavy (non-hydrogen) atoms. The molecule has 1 N–H and O–H groups in total. The minimum Gasteiger partial charge on any atom is -0.346 e. The Bertz CT molecular complexity index is 848. The third-order valence-electron chi connectivity index (χ3n) is 4.42. The van der Waals surface area contributed by atoms with Crippen molar-refractivity contribution in [2.24, 2.45) is 0 Å². The summed E-state index contributed by atoms with van der Waals surface area (Å²) in [5.41, 5.74) is 4.13. The van der Waals surface area contributed by atoms with Crippen LogP contribution >= 0.6 is 0 Å². The smallest absolute Gasteiger partial charge is 0.251 e. The fourth-order valence-electron chi connectivity index (χ4n) is 2.75. The summed E-state index contributed by atoms with van der Waals surface area (Å²) < 4.78 is 2.08. The van der Waals surface area contributed by atoms with E-state index < -0.39 is 0 Å². The van der Waals surface area contributed by atoms with E-state index in [0.29, 0.717) is 5.56 Å². The monoisotopic (exact) mass is 333 g/mol. The Morgan fingerprint density at radius 1 is 1.08 bits per heavy atom. The summed E-state index contributed by atoms with van der Waals surface area (Å²) in [6.07, 6.45) is 3.75. The Labute approximate surface area is 148 Å². The number of aromatic nitrogens is 2. The lowest BCUT2D eigenvalue weighted by Gasteiger charge is -2.15. The summed E-state index contributed by atoms with van der Waals surface area (Å²) in [5.74, 6) is 0.923. The number of benzene rings is 2. The van der Waals surface area contributed by atoms with Gasteiger partial charge in [0.25, 0.3) is 5.91 Å². The van der Waals surface area contributed by atoms with E-state index in [4.69, 9.17) is 0 Å². The minimum atomic E-state index is -0.0570. The normalized spacial score (nSPS) is 12.0. The van der Waals surface area contributed by atoms with Crippen molar-refractivity contribution in [3.8, 4) is 0 Å². The molecule has 0 aliphatic rings. The lowest BCUT2D eigenvalue weighted by Crippen LogP contribution is -2.26. The van der Waals surface area contributed by atoms with Crippen LogP contribution in [0.5, 0.6) is 0 Å². The summed E-state index contributed by atoms with van der Waals surface area (Å²) in [6, 6.07) is 15.9. The molecule has 0 bridgehead atoms. The van der Waals surface area contributed by atoms with Crippen LogP contribution in [0.15, 0.2) is 60.9 Å². The number of nitrogens with one attached hydrogen (secondary N) is 1. The Hall–Kier alpha value is -2.88. The van der Waals surface area contributed by atoms with Gasteiger partial charge in [0.2, 0.25) is 0 Å². The van der Waals surface area contributed by atoms with Gasteiger partial charge in [-0.1, -0.05) is 42.0 Å². The third kappa shape index (κ3) is 4.15. The first-order valence-corrected chi connectivity index (χ1v) is 8.47. The minimum absolute atomic E-state index is 0.0265. The molecule has 0 radical (unpaired) electrons. The highest BCUT2D eigenvalue weighted by molar-refractivity contribution is 5.94. The fraction of sp³-hybridized carbons (Fsp3) is 0.238. The maximum Gasteiger partial charge on any atom is 0.251 e. The molecule has 0 saturated carbocycles. The van der Waals surface area contributed by atoms with Crippen molar-refractivity contribution >= 4 is 5.91 Å². The highest BCUT2D eigenvalue weighted by Gasteiger charge is 2.11. The molecule has 0 aliphatic carbocycles. The van der Waals surface area contributed by atoms with Gasteiger partial charge in [-0.05, 0) is 44.0 Å². The molecule has 0 fully saturated rings. The van der Waals surface area contributed by atoms with Crippen LogP contribution in [0.2, 0.25) is 0 Å². The van der Waals surface area contributed by atoms with Crippen LogP contribution in [0.4, 0.5) is 0 Å². The van der Waals surface area contributed by atoms with E-state index >= 15 is 0 Å². The molecule has 1 heterocycles. The largest absolute Gasteiger partial charge is 0.346 e. The zero-order chi connectivity index (χ0) is 17.8. The Morgan fingerprint density at radius 2 is 1.76 bits per heavy atom. The van der Waals surface area contributed by atoms with E-state index in [9.17, 15) is 4.79 Å². The van der Waals surface area contributed by atoms with Crippen LogP contribution < -0.4 is 5.32 Å². The van der Waals surface area contributed by atoms with Gasteiger partial charge in [-0.25, -0.2) is 4.98 Å². The topological polar surface area (TPSA) is 46.9 Å². The molecule has 3 rings (SSSR count). The van der Waals surface area contributed by atoms with Gasteiger partial charge in [-0.2, -0.15) is 0 Å². The van der Waals surface area contributed by atoms with Gasteiger partial charge in [-0.3, -0.25) is 4.79 Å². The molecule has 128 valence electrons. The summed E-state index contributed by atoms with van der Waals surface area (Å²) in [7, 11) is 0. The first kappa shape index (κ1) is 17.0. The van der Waals surface area contributed by atoms with E-state index in [1.807, 2.05) is 44.3 Å². The molecule has 1 atom stereocenters. The molecular weight excluding hydrogens is 310 g/mol. The number of rotatable bonds is 5. The summed E-state index contributed by atoms with van der Waals surface area (Å²) in [6.45, 7) is 6.79. The molecule has 4 nitrogen and oxygen atoms in total. The predicted molar refractivity (Wildman–Crippen MR) is 99.6 cm³/mol. The van der Waals surface area contributed by atoms with Crippen LogP contribution in [0.25, 0.3) is 0 Å². The Morgan fingerprint density at radius 3 is 2.36 bits per heavy atom. The van der Waals surface area contributed by atoms with Crippen molar-refractivity contribution in [1.82, 2.24) is 14.9 Å². The SMILES string of the molecule is Cc1ccc([C@@H](C)NC(=O)c2ccc(Cn3ccnc3C)cc2)cc1. The number of aryl methyl sites for hydroxylation is 2. The zero-order valence-electron chi connectivity index (χ0n) is 14.9. The van der Waals surface area contributed by atoms with Crippen molar-refractivity contribution < 1.29 is 4.79 Å². The van der Waals surface area contributed by atoms with E-state index in [0.717, 1.165) is 23.5 Å². The standard InChI is InChI=1S/C21H23N3O/c1-15-4-8-19(9-5-15)16(2)23-21(25)20-10-6-18(7-11-20)14-24-13-12-22-17(24)3/h4-13,16H,14H2,1-3H3,(H,23,25)/t16-/m1/s1. The van der Waals surface area contributed by atoms with E-state index in [1.165, 1.54) is 5.56 Å². The summed E-state index contributed by atoms with van der Waals surface area (Å²) >= 11 is 0. The van der Waals surface area contributed by atoms with Crippen LogP contribution in [0, 0.1) is 13.8 Å². The molecular formula is C21H23N3O. The molecule has 2 aromatic carbocycles. The van der Waals surface area contributed by atoms with Crippen molar-refractivity contribution in [3.63, 3.8) is 0 Å².